The van der Waals surface area contributed by atoms with Gasteiger partial charge in [-0.25, -0.2) is 13.8 Å². The van der Waals surface area contributed by atoms with E-state index in [9.17, 15) is 13.6 Å². The maximum Gasteiger partial charge on any atom is 0.245 e. The molecule has 2 aromatic carbocycles. The molecule has 1 amide bonds. The van der Waals surface area contributed by atoms with E-state index >= 15 is 0 Å². The average Bonchev–Trinajstić information content (AvgIpc) is 3.34. The Morgan fingerprint density at radius 2 is 2.00 bits per heavy atom. The predicted octanol–water partition coefficient (Wildman–Crippen LogP) is 2.88. The number of rotatable bonds is 6. The number of anilines is 3. The minimum atomic E-state index is -2.31. The lowest BCUT2D eigenvalue weighted by Gasteiger charge is -2.20. The summed E-state index contributed by atoms with van der Waals surface area (Å²) in [5.41, 5.74) is 6.07. The van der Waals surface area contributed by atoms with Crippen molar-refractivity contribution in [3.63, 3.8) is 0 Å². The summed E-state index contributed by atoms with van der Waals surface area (Å²) in [6.07, 6.45) is 2.10. The molecule has 2 aromatic heterocycles. The molecule has 10 heteroatoms. The van der Waals surface area contributed by atoms with Crippen LogP contribution in [0.25, 0.3) is 16.8 Å². The normalized spacial score (nSPS) is 14.2. The Labute approximate surface area is 193 Å². The van der Waals surface area contributed by atoms with Gasteiger partial charge in [0.2, 0.25) is 11.9 Å². The van der Waals surface area contributed by atoms with Crippen LogP contribution >= 0.6 is 0 Å². The number of fused-ring (bicyclic) bond motifs is 2. The van der Waals surface area contributed by atoms with Crippen molar-refractivity contribution in [2.45, 2.75) is 13.0 Å². The van der Waals surface area contributed by atoms with E-state index < -0.39 is 11.3 Å². The van der Waals surface area contributed by atoms with Crippen molar-refractivity contribution in [2.24, 2.45) is 0 Å². The van der Waals surface area contributed by atoms with Crippen LogP contribution in [-0.2, 0) is 29.0 Å². The molecular weight excluding hydrogens is 440 g/mol. The lowest BCUT2D eigenvalue weighted by molar-refractivity contribution is -0.117. The van der Waals surface area contributed by atoms with E-state index in [1.807, 2.05) is 54.6 Å². The van der Waals surface area contributed by atoms with E-state index in [2.05, 4.69) is 15.4 Å². The van der Waals surface area contributed by atoms with Crippen molar-refractivity contribution in [1.82, 2.24) is 18.9 Å². The Hall–Kier alpha value is -3.60. The molecule has 0 spiro atoms. The summed E-state index contributed by atoms with van der Waals surface area (Å²) in [6, 6.07) is 17.3. The van der Waals surface area contributed by atoms with Gasteiger partial charge >= 0.3 is 0 Å². The Bertz CT molecular complexity index is 1400. The molecule has 1 N–H and O–H groups in total. The van der Waals surface area contributed by atoms with Gasteiger partial charge in [0, 0.05) is 41.8 Å². The molecule has 5 rings (SSSR count). The number of nitrogens with one attached hydrogen (secondary N) is 1. The maximum absolute atomic E-state index is 12.0. The van der Waals surface area contributed by atoms with Crippen molar-refractivity contribution in [3.8, 4) is 11.3 Å². The van der Waals surface area contributed by atoms with Gasteiger partial charge in [0.25, 0.3) is 0 Å². The largest absolute Gasteiger partial charge is 0.760 e. The van der Waals surface area contributed by atoms with E-state index in [4.69, 9.17) is 0 Å². The molecule has 0 saturated heterocycles. The van der Waals surface area contributed by atoms with E-state index in [0.29, 0.717) is 12.4 Å². The molecule has 0 saturated carbocycles. The maximum atomic E-state index is 12.0. The summed E-state index contributed by atoms with van der Waals surface area (Å²) >= 11 is -2.31. The second-order valence-corrected chi connectivity index (χ2v) is 8.95. The van der Waals surface area contributed by atoms with Crippen LogP contribution in [0, 0.1) is 0 Å². The number of hydrogen-bond donors (Lipinski definition) is 1. The van der Waals surface area contributed by atoms with E-state index in [1.54, 1.807) is 22.7 Å². The molecule has 168 valence electrons. The van der Waals surface area contributed by atoms with Crippen molar-refractivity contribution in [3.05, 3.63) is 71.9 Å². The molecular formula is C23H21N6O3S-. The van der Waals surface area contributed by atoms with Gasteiger partial charge in [-0.15, -0.1) is 5.10 Å². The quantitative estimate of drug-likeness (QED) is 0.443. The molecule has 0 fully saturated rings. The smallest absolute Gasteiger partial charge is 0.245 e. The fourth-order valence-corrected chi connectivity index (χ4v) is 4.29. The van der Waals surface area contributed by atoms with Gasteiger partial charge in [-0.2, -0.15) is 0 Å². The molecule has 1 aliphatic rings. The number of nitrogens with zero attached hydrogens (tertiary/aromatic N) is 5. The Balaban J connectivity index is 1.48. The van der Waals surface area contributed by atoms with Crippen molar-refractivity contribution in [2.75, 3.05) is 24.3 Å². The molecule has 33 heavy (non-hydrogen) atoms. The number of amides is 1. The molecule has 9 nitrogen and oxygen atoms in total. The van der Waals surface area contributed by atoms with E-state index in [1.165, 1.54) is 11.4 Å². The molecule has 3 heterocycles. The summed E-state index contributed by atoms with van der Waals surface area (Å²) < 4.78 is 25.6. The molecule has 1 atom stereocenters. The van der Waals surface area contributed by atoms with Gasteiger partial charge in [0.05, 0.1) is 23.8 Å². The van der Waals surface area contributed by atoms with Crippen LogP contribution in [0.3, 0.4) is 0 Å². The Morgan fingerprint density at radius 3 is 2.82 bits per heavy atom. The standard InChI is InChI=1S/C23H22N6O3S/c1-27(33(31)32)14-15-5-3-4-6-19(15)21-10-8-18-13-24-23(26-29(18)21)25-17-7-9-20-16(11-17)12-22(30)28(20)2/h3-11,13H,12,14H2,1-2H3,(H,25,26)(H,31,32)/p-1. The van der Waals surface area contributed by atoms with Gasteiger partial charge in [0.1, 0.15) is 0 Å². The van der Waals surface area contributed by atoms with Crippen LogP contribution in [0.15, 0.2) is 60.8 Å². The number of hydrogen-bond acceptors (Lipinski definition) is 6. The highest BCUT2D eigenvalue weighted by Crippen LogP contribution is 2.31. The van der Waals surface area contributed by atoms with Gasteiger partial charge in [-0.05, 0) is 48.5 Å². The van der Waals surface area contributed by atoms with Crippen LogP contribution in [0.5, 0.6) is 0 Å². The molecule has 1 unspecified atom stereocenters. The van der Waals surface area contributed by atoms with Crippen LogP contribution in [0.4, 0.5) is 17.3 Å². The summed E-state index contributed by atoms with van der Waals surface area (Å²) in [4.78, 5) is 18.0. The number of likely N-dealkylation sites (N-methyl/N-ethyl adjacent to an activating group) is 1. The van der Waals surface area contributed by atoms with E-state index in [-0.39, 0.29) is 12.5 Å². The number of aromatic nitrogens is 3. The summed E-state index contributed by atoms with van der Waals surface area (Å²) in [6.45, 7) is 0.248. The third kappa shape index (κ3) is 3.99. The summed E-state index contributed by atoms with van der Waals surface area (Å²) in [7, 11) is 3.30. The fraction of sp³-hybridized carbons (Fsp3) is 0.174. The number of carbonyl (C=O) groups excluding carboxylic acids is 1. The fourth-order valence-electron chi connectivity index (χ4n) is 4.04. The zero-order valence-corrected chi connectivity index (χ0v) is 18.9. The molecule has 0 bridgehead atoms. The highest BCUT2D eigenvalue weighted by molar-refractivity contribution is 7.76. The minimum absolute atomic E-state index is 0.0712. The van der Waals surface area contributed by atoms with Crippen LogP contribution in [0.2, 0.25) is 0 Å². The first kappa shape index (κ1) is 21.3. The Kier molecular flexibility index (Phi) is 5.41. The third-order valence-corrected chi connectivity index (χ3v) is 6.39. The lowest BCUT2D eigenvalue weighted by atomic mass is 10.0. The Morgan fingerprint density at radius 1 is 1.18 bits per heavy atom. The zero-order chi connectivity index (χ0) is 23.1. The third-order valence-electron chi connectivity index (χ3n) is 5.75. The van der Waals surface area contributed by atoms with Crippen LogP contribution in [-0.4, -0.2) is 47.7 Å². The van der Waals surface area contributed by atoms with Gasteiger partial charge in [-0.3, -0.25) is 9.00 Å². The van der Waals surface area contributed by atoms with Gasteiger partial charge in [-0.1, -0.05) is 24.3 Å². The van der Waals surface area contributed by atoms with Crippen LogP contribution < -0.4 is 10.2 Å². The monoisotopic (exact) mass is 461 g/mol. The van der Waals surface area contributed by atoms with E-state index in [0.717, 1.165) is 39.3 Å². The van der Waals surface area contributed by atoms with Crippen molar-refractivity contribution < 1.29 is 13.6 Å². The SMILES string of the molecule is CN1C(=O)Cc2cc(Nc3ncc4ccc(-c5ccccc5CN(C)S(=O)[O-])n4n3)ccc21. The second kappa shape index (κ2) is 8.39. The van der Waals surface area contributed by atoms with Crippen molar-refractivity contribution in [1.29, 1.82) is 0 Å². The first-order chi connectivity index (χ1) is 15.9. The summed E-state index contributed by atoms with van der Waals surface area (Å²) in [5.74, 6) is 0.481. The number of carbonyl (C=O) groups is 1. The first-order valence-corrected chi connectivity index (χ1v) is 11.3. The average molecular weight is 462 g/mol. The van der Waals surface area contributed by atoms with Crippen LogP contribution in [0.1, 0.15) is 11.1 Å². The predicted molar refractivity (Wildman–Crippen MR) is 126 cm³/mol. The molecule has 1 aliphatic heterocycles. The zero-order valence-electron chi connectivity index (χ0n) is 18.1. The molecule has 4 aromatic rings. The second-order valence-electron chi connectivity index (χ2n) is 7.90. The van der Waals surface area contributed by atoms with Gasteiger partial charge in [0.15, 0.2) is 0 Å². The summed E-state index contributed by atoms with van der Waals surface area (Å²) in [5, 5.41) is 7.89. The topological polar surface area (TPSA) is 106 Å². The lowest BCUT2D eigenvalue weighted by Crippen LogP contribution is -2.20. The molecule has 0 radical (unpaired) electrons. The highest BCUT2D eigenvalue weighted by Gasteiger charge is 2.24. The highest BCUT2D eigenvalue weighted by atomic mass is 32.2. The minimum Gasteiger partial charge on any atom is -0.760 e. The first-order valence-electron chi connectivity index (χ1n) is 10.3. The number of benzene rings is 2. The van der Waals surface area contributed by atoms with Gasteiger partial charge < -0.3 is 14.8 Å². The molecule has 0 aliphatic carbocycles. The van der Waals surface area contributed by atoms with Crippen molar-refractivity contribution >= 4 is 40.0 Å².